The second-order valence-corrected chi connectivity index (χ2v) is 14.3. The maximum atomic E-state index is 14.2. The predicted molar refractivity (Wildman–Crippen MR) is 188 cm³/mol. The van der Waals surface area contributed by atoms with E-state index in [9.17, 15) is 22.8 Å². The number of esters is 1. The lowest BCUT2D eigenvalue weighted by Gasteiger charge is -2.34. The van der Waals surface area contributed by atoms with E-state index in [-0.39, 0.29) is 52.4 Å². The first-order valence-electron chi connectivity index (χ1n) is 17.8. The van der Waals surface area contributed by atoms with E-state index in [2.05, 4.69) is 35.1 Å². The van der Waals surface area contributed by atoms with E-state index >= 15 is 0 Å². The molecule has 1 amide bonds. The van der Waals surface area contributed by atoms with Crippen molar-refractivity contribution in [1.82, 2.24) is 29.8 Å². The largest absolute Gasteiger partial charge is 0.465 e. The van der Waals surface area contributed by atoms with Gasteiger partial charge in [-0.25, -0.2) is 4.98 Å². The Kier molecular flexibility index (Phi) is 9.91. The van der Waals surface area contributed by atoms with E-state index in [0.717, 1.165) is 42.9 Å². The van der Waals surface area contributed by atoms with Crippen molar-refractivity contribution in [2.45, 2.75) is 70.5 Å². The molecule has 3 aliphatic rings. The Morgan fingerprint density at radius 2 is 1.88 bits per heavy atom. The number of H-pyrrole nitrogens is 1. The second-order valence-electron chi connectivity index (χ2n) is 14.3. The summed E-state index contributed by atoms with van der Waals surface area (Å²) in [6, 6.07) is 4.64. The Morgan fingerprint density at radius 1 is 1.10 bits per heavy atom. The van der Waals surface area contributed by atoms with Gasteiger partial charge in [-0.2, -0.15) is 18.2 Å². The van der Waals surface area contributed by atoms with Crippen LogP contribution in [-0.4, -0.2) is 88.7 Å². The minimum Gasteiger partial charge on any atom is -0.465 e. The normalized spacial score (nSPS) is 17.3. The average Bonchev–Trinajstić information content (AvgIpc) is 3.73. The number of aromatic nitrogens is 5. The summed E-state index contributed by atoms with van der Waals surface area (Å²) in [6.07, 6.45) is 4.75. The maximum absolute atomic E-state index is 14.2. The summed E-state index contributed by atoms with van der Waals surface area (Å²) in [5.41, 5.74) is 3.32. The Balaban J connectivity index is 1.19. The van der Waals surface area contributed by atoms with Gasteiger partial charge in [0.25, 0.3) is 5.91 Å². The monoisotopic (exact) mass is 720 g/mol. The first kappa shape index (κ1) is 35.8. The highest BCUT2D eigenvalue weighted by atomic mass is 19.4. The molecule has 52 heavy (non-hydrogen) atoms. The molecule has 0 atom stereocenters. The molecule has 5 heterocycles. The number of methoxy groups -OCH3 is 1. The van der Waals surface area contributed by atoms with E-state index in [0.29, 0.717) is 69.0 Å². The van der Waals surface area contributed by atoms with Crippen molar-refractivity contribution in [2.24, 2.45) is 5.41 Å². The van der Waals surface area contributed by atoms with Crippen LogP contribution in [0.2, 0.25) is 0 Å². The number of rotatable bonds is 12. The molecule has 4 aromatic heterocycles. The molecular weight excluding hydrogens is 677 g/mol. The van der Waals surface area contributed by atoms with Crippen molar-refractivity contribution in [3.05, 3.63) is 58.7 Å². The van der Waals surface area contributed by atoms with Gasteiger partial charge in [-0.05, 0) is 68.4 Å². The van der Waals surface area contributed by atoms with Crippen LogP contribution in [-0.2, 0) is 33.4 Å². The van der Waals surface area contributed by atoms with E-state index in [1.165, 1.54) is 6.20 Å². The third-order valence-corrected chi connectivity index (χ3v) is 10.3. The number of carbonyl (C=O) groups excluding carboxylic acids is 2. The number of imidazole rings is 1. The molecule has 2 N–H and O–H groups in total. The number of hydrogen-bond acceptors (Lipinski definition) is 10. The van der Waals surface area contributed by atoms with Crippen molar-refractivity contribution in [2.75, 3.05) is 57.2 Å². The van der Waals surface area contributed by atoms with E-state index in [1.807, 2.05) is 11.9 Å². The summed E-state index contributed by atoms with van der Waals surface area (Å²) >= 11 is 0. The number of amides is 1. The highest BCUT2D eigenvalue weighted by molar-refractivity contribution is 6.03. The van der Waals surface area contributed by atoms with Gasteiger partial charge in [-0.3, -0.25) is 29.8 Å². The molecule has 7 rings (SSSR count). The van der Waals surface area contributed by atoms with Gasteiger partial charge >= 0.3 is 12.1 Å². The summed E-state index contributed by atoms with van der Waals surface area (Å²) < 4.78 is 53.4. The molecule has 12 nitrogen and oxygen atoms in total. The smallest absolute Gasteiger partial charge is 0.418 e. The molecule has 276 valence electrons. The van der Waals surface area contributed by atoms with Crippen LogP contribution in [0, 0.1) is 5.41 Å². The molecule has 0 saturated heterocycles. The van der Waals surface area contributed by atoms with Gasteiger partial charge in [-0.1, -0.05) is 12.8 Å². The fourth-order valence-corrected chi connectivity index (χ4v) is 7.69. The first-order chi connectivity index (χ1) is 24.9. The molecule has 4 aromatic rings. The Bertz CT molecular complexity index is 1970. The second kappa shape index (κ2) is 14.4. The van der Waals surface area contributed by atoms with Crippen LogP contribution in [0.25, 0.3) is 22.4 Å². The van der Waals surface area contributed by atoms with Crippen molar-refractivity contribution < 1.29 is 32.2 Å². The topological polar surface area (TPSA) is 138 Å². The molecule has 2 fully saturated rings. The summed E-state index contributed by atoms with van der Waals surface area (Å²) in [5.74, 6) is -0.811. The average molecular weight is 721 g/mol. The van der Waals surface area contributed by atoms with Crippen LogP contribution in [0.5, 0.6) is 0 Å². The predicted octanol–water partition coefficient (Wildman–Crippen LogP) is 6.13. The van der Waals surface area contributed by atoms with Crippen LogP contribution in [0.15, 0.2) is 30.6 Å². The minimum atomic E-state index is -4.56. The number of fused-ring (bicyclic) bond motifs is 2. The fourth-order valence-electron chi connectivity index (χ4n) is 7.69. The van der Waals surface area contributed by atoms with Gasteiger partial charge < -0.3 is 19.4 Å². The lowest BCUT2D eigenvalue weighted by atomic mass is 9.86. The van der Waals surface area contributed by atoms with E-state index in [1.54, 1.807) is 32.4 Å². The molecule has 2 aliphatic carbocycles. The molecule has 15 heteroatoms. The highest BCUT2D eigenvalue weighted by Crippen LogP contribution is 2.46. The summed E-state index contributed by atoms with van der Waals surface area (Å²) in [7, 11) is 3.63. The van der Waals surface area contributed by atoms with E-state index < -0.39 is 17.6 Å². The van der Waals surface area contributed by atoms with Crippen LogP contribution in [0.4, 0.5) is 24.8 Å². The highest BCUT2D eigenvalue weighted by Gasteiger charge is 2.40. The molecule has 0 aromatic carbocycles. The van der Waals surface area contributed by atoms with Crippen LogP contribution < -0.4 is 10.2 Å². The lowest BCUT2D eigenvalue weighted by molar-refractivity contribution is -0.144. The molecule has 0 radical (unpaired) electrons. The summed E-state index contributed by atoms with van der Waals surface area (Å²) in [5, 5.41) is 2.81. The van der Waals surface area contributed by atoms with Crippen molar-refractivity contribution in [1.29, 1.82) is 0 Å². The van der Waals surface area contributed by atoms with Crippen molar-refractivity contribution in [3.8, 4) is 11.3 Å². The third kappa shape index (κ3) is 7.61. The van der Waals surface area contributed by atoms with Crippen LogP contribution in [0.1, 0.15) is 84.2 Å². The molecule has 0 bridgehead atoms. The number of ether oxygens (including phenoxy) is 2. The van der Waals surface area contributed by atoms with Crippen molar-refractivity contribution >= 4 is 34.7 Å². The quantitative estimate of drug-likeness (QED) is 0.165. The molecular formula is C37H43F3N8O4. The molecule has 0 spiro atoms. The number of carbonyl (C=O) groups is 2. The zero-order valence-electron chi connectivity index (χ0n) is 29.6. The Morgan fingerprint density at radius 3 is 2.60 bits per heavy atom. The zero-order chi connectivity index (χ0) is 36.6. The maximum Gasteiger partial charge on any atom is 0.418 e. The van der Waals surface area contributed by atoms with Gasteiger partial charge in [0, 0.05) is 63.1 Å². The molecule has 1 aliphatic heterocycles. The number of halogens is 3. The SMILES string of the molecule is CCOC(=O)CN1CCc2cc(C(=O)Nc3nc4nc(-c5cnc(C6CC6)c(C(F)(F)F)c5)cc(N(C)CC5(COC)CCCC5)c4[nH]3)ncc2C1. The number of pyridine rings is 3. The Hall–Kier alpha value is -4.63. The van der Waals surface area contributed by atoms with Gasteiger partial charge in [-0.15, -0.1) is 0 Å². The van der Waals surface area contributed by atoms with E-state index in [4.69, 9.17) is 9.47 Å². The molecule has 0 unspecified atom stereocenters. The number of alkyl halides is 3. The number of nitrogens with zero attached hydrogens (tertiary/aromatic N) is 6. The van der Waals surface area contributed by atoms with Gasteiger partial charge in [0.2, 0.25) is 5.95 Å². The Labute approximate surface area is 299 Å². The van der Waals surface area contributed by atoms with Gasteiger partial charge in [0.1, 0.15) is 11.2 Å². The number of hydrogen-bond donors (Lipinski definition) is 2. The number of anilines is 2. The van der Waals surface area contributed by atoms with Crippen LogP contribution >= 0.6 is 0 Å². The minimum absolute atomic E-state index is 0.0759. The first-order valence-corrected chi connectivity index (χ1v) is 17.8. The summed E-state index contributed by atoms with van der Waals surface area (Å²) in [6.45, 7) is 4.67. The van der Waals surface area contributed by atoms with Gasteiger partial charge in [0.15, 0.2) is 5.65 Å². The number of aromatic amines is 1. The van der Waals surface area contributed by atoms with Gasteiger partial charge in [0.05, 0.1) is 42.4 Å². The standard InChI is InChI=1S/C37H43F3N8O4/c1-4-52-30(49)19-48-12-9-23-14-28(41-17-25(23)18-48)34(50)46-35-44-32-29(47(2)20-36(21-51-3)10-5-6-11-36)15-27(43-33(32)45-35)24-13-26(37(38,39)40)31(42-16-24)22-7-8-22/h13-17,22H,4-12,18-21H2,1-3H3,(H2,43,44,45,46,50). The molecule has 2 saturated carbocycles. The number of nitrogens with one attached hydrogen (secondary N) is 2. The zero-order valence-corrected chi connectivity index (χ0v) is 29.6. The van der Waals surface area contributed by atoms with Crippen molar-refractivity contribution in [3.63, 3.8) is 0 Å². The lowest BCUT2D eigenvalue weighted by Crippen LogP contribution is -2.37. The fraction of sp³-hybridized carbons (Fsp3) is 0.514. The summed E-state index contributed by atoms with van der Waals surface area (Å²) in [4.78, 5) is 50.6. The third-order valence-electron chi connectivity index (χ3n) is 10.3. The van der Waals surface area contributed by atoms with Crippen LogP contribution in [0.3, 0.4) is 0 Å².